The van der Waals surface area contributed by atoms with Crippen LogP contribution in [-0.4, -0.2) is 41.4 Å². The van der Waals surface area contributed by atoms with Crippen LogP contribution in [0.5, 0.6) is 5.75 Å². The minimum Gasteiger partial charge on any atom is -0.497 e. The number of Topliss-reactive ketones (excluding diaryl/α,β-unsaturated/α-hetero) is 1. The van der Waals surface area contributed by atoms with Crippen molar-refractivity contribution < 1.29 is 14.3 Å². The Morgan fingerprint density at radius 3 is 2.30 bits per heavy atom. The van der Waals surface area contributed by atoms with Crippen LogP contribution >= 0.6 is 0 Å². The molecule has 1 aromatic heterocycles. The molecule has 0 radical (unpaired) electrons. The maximum Gasteiger partial charge on any atom is 0.238 e. The van der Waals surface area contributed by atoms with Crippen molar-refractivity contribution in [1.29, 1.82) is 0 Å². The molecule has 1 unspecified atom stereocenters. The van der Waals surface area contributed by atoms with Crippen molar-refractivity contribution in [3.63, 3.8) is 0 Å². The number of methoxy groups -OCH3 is 1. The quantitative estimate of drug-likeness (QED) is 0.663. The number of benzene rings is 1. The first-order valence-electron chi connectivity index (χ1n) is 11.9. The molecule has 1 amide bonds. The second-order valence-electron chi connectivity index (χ2n) is 10.6. The molecule has 2 aliphatic rings. The molecule has 1 fully saturated rings. The van der Waals surface area contributed by atoms with Crippen LogP contribution in [0.25, 0.3) is 0 Å². The van der Waals surface area contributed by atoms with Crippen molar-refractivity contribution in [2.24, 2.45) is 17.3 Å². The van der Waals surface area contributed by atoms with Gasteiger partial charge in [-0.05, 0) is 61.6 Å². The Hall–Kier alpha value is -2.83. The molecular formula is C26H36N4O3. The Morgan fingerprint density at radius 2 is 1.73 bits per heavy atom. The molecule has 178 valence electrons. The summed E-state index contributed by atoms with van der Waals surface area (Å²) in [6, 6.07) is 8.12. The van der Waals surface area contributed by atoms with Crippen molar-refractivity contribution in [2.45, 2.75) is 66.0 Å². The normalized spacial score (nSPS) is 23.5. The number of hydrogen-bond acceptors (Lipinski definition) is 5. The number of carbonyl (C=O) groups excluding carboxylic acids is 2. The average Bonchev–Trinajstić information content (AvgIpc) is 3.14. The van der Waals surface area contributed by atoms with Gasteiger partial charge in [0.05, 0.1) is 13.7 Å². The number of carbonyl (C=O) groups is 2. The van der Waals surface area contributed by atoms with E-state index in [-0.39, 0.29) is 11.7 Å². The van der Waals surface area contributed by atoms with Gasteiger partial charge >= 0.3 is 0 Å². The summed E-state index contributed by atoms with van der Waals surface area (Å²) in [5, 5.41) is 3.63. The Kier molecular flexibility index (Phi) is 6.25. The molecular weight excluding hydrogens is 416 g/mol. The molecule has 4 rings (SSSR count). The lowest BCUT2D eigenvalue weighted by Gasteiger charge is -2.37. The van der Waals surface area contributed by atoms with Gasteiger partial charge in [-0.3, -0.25) is 14.5 Å². The summed E-state index contributed by atoms with van der Waals surface area (Å²) in [6.45, 7) is 9.13. The lowest BCUT2D eigenvalue weighted by molar-refractivity contribution is -0.120. The summed E-state index contributed by atoms with van der Waals surface area (Å²) in [5.41, 5.74) is 1.87. The van der Waals surface area contributed by atoms with Crippen LogP contribution in [0, 0.1) is 17.3 Å². The first-order chi connectivity index (χ1) is 15.6. The number of amides is 1. The largest absolute Gasteiger partial charge is 0.497 e. The number of nitrogens with zero attached hydrogens (tertiary/aromatic N) is 3. The van der Waals surface area contributed by atoms with Crippen molar-refractivity contribution in [3.8, 4) is 5.75 Å². The molecule has 1 aromatic carbocycles. The van der Waals surface area contributed by atoms with Crippen LogP contribution in [0.15, 0.2) is 24.3 Å². The lowest BCUT2D eigenvalue weighted by Crippen LogP contribution is -2.41. The molecule has 0 saturated heterocycles. The molecule has 33 heavy (non-hydrogen) atoms. The highest BCUT2D eigenvalue weighted by atomic mass is 16.5. The molecule has 1 N–H and O–H groups in total. The molecule has 0 spiro atoms. The van der Waals surface area contributed by atoms with E-state index >= 15 is 0 Å². The van der Waals surface area contributed by atoms with Crippen molar-refractivity contribution >= 4 is 23.5 Å². The van der Waals surface area contributed by atoms with Crippen LogP contribution in [-0.2, 0) is 11.3 Å². The second kappa shape index (κ2) is 8.84. The van der Waals surface area contributed by atoms with Gasteiger partial charge in [0.2, 0.25) is 11.9 Å². The molecule has 1 aliphatic heterocycles. The van der Waals surface area contributed by atoms with Gasteiger partial charge < -0.3 is 14.6 Å². The highest BCUT2D eigenvalue weighted by Crippen LogP contribution is 2.39. The first-order valence-corrected chi connectivity index (χ1v) is 11.9. The summed E-state index contributed by atoms with van der Waals surface area (Å²) in [5.74, 6) is 1.53. The number of aromatic nitrogens is 2. The van der Waals surface area contributed by atoms with E-state index < -0.39 is 5.92 Å². The number of fused-ring (bicyclic) bond motifs is 1. The number of anilines is 2. The maximum absolute atomic E-state index is 13.2. The number of rotatable bonds is 5. The first kappa shape index (κ1) is 23.3. The van der Waals surface area contributed by atoms with E-state index in [0.717, 1.165) is 24.2 Å². The maximum atomic E-state index is 13.2. The molecule has 2 heterocycles. The summed E-state index contributed by atoms with van der Waals surface area (Å²) in [4.78, 5) is 32.1. The fourth-order valence-electron chi connectivity index (χ4n) is 5.09. The van der Waals surface area contributed by atoms with E-state index in [4.69, 9.17) is 9.72 Å². The lowest BCUT2D eigenvalue weighted by atomic mass is 9.71. The third kappa shape index (κ3) is 4.50. The zero-order valence-corrected chi connectivity index (χ0v) is 20.6. The van der Waals surface area contributed by atoms with Crippen LogP contribution in [0.1, 0.15) is 69.4 Å². The monoisotopic (exact) mass is 452 g/mol. The summed E-state index contributed by atoms with van der Waals surface area (Å²) in [7, 11) is 3.34. The van der Waals surface area contributed by atoms with Gasteiger partial charge in [0.1, 0.15) is 17.4 Å². The highest BCUT2D eigenvalue weighted by molar-refractivity contribution is 6.20. The number of nitrogens with one attached hydrogen (secondary N) is 1. The van der Waals surface area contributed by atoms with Crippen LogP contribution < -0.4 is 15.0 Å². The standard InChI is InChI=1S/C26H36N4O3/c1-16-22(31)21-23(29(5)24(16)32)28-25(27-19-11-9-18(10-12-19)26(2,3)4)30(21)15-17-7-13-20(33-6)14-8-17/h7-8,13-14,16,18-19H,9-12,15H2,1-6H3,(H,27,28). The van der Waals surface area contributed by atoms with E-state index in [0.29, 0.717) is 41.4 Å². The molecule has 1 atom stereocenters. The van der Waals surface area contributed by atoms with Crippen molar-refractivity contribution in [3.05, 3.63) is 35.5 Å². The predicted octanol–water partition coefficient (Wildman–Crippen LogP) is 4.75. The highest BCUT2D eigenvalue weighted by Gasteiger charge is 2.40. The van der Waals surface area contributed by atoms with Crippen LogP contribution in [0.2, 0.25) is 0 Å². The van der Waals surface area contributed by atoms with E-state index in [1.54, 1.807) is 21.1 Å². The van der Waals surface area contributed by atoms with Gasteiger partial charge in [-0.15, -0.1) is 0 Å². The number of hydrogen-bond donors (Lipinski definition) is 1. The van der Waals surface area contributed by atoms with Gasteiger partial charge in [-0.25, -0.2) is 0 Å². The van der Waals surface area contributed by atoms with Gasteiger partial charge in [-0.1, -0.05) is 32.9 Å². The Morgan fingerprint density at radius 1 is 1.09 bits per heavy atom. The molecule has 2 aromatic rings. The zero-order valence-electron chi connectivity index (χ0n) is 20.6. The van der Waals surface area contributed by atoms with Crippen molar-refractivity contribution in [1.82, 2.24) is 9.55 Å². The minimum absolute atomic E-state index is 0.168. The van der Waals surface area contributed by atoms with E-state index in [2.05, 4.69) is 26.1 Å². The average molecular weight is 453 g/mol. The summed E-state index contributed by atoms with van der Waals surface area (Å²) in [6.07, 6.45) is 4.49. The topological polar surface area (TPSA) is 76.5 Å². The Bertz CT molecular complexity index is 1030. The number of ketones is 1. The molecule has 1 aliphatic carbocycles. The van der Waals surface area contributed by atoms with Gasteiger partial charge in [-0.2, -0.15) is 4.98 Å². The fraction of sp³-hybridized carbons (Fsp3) is 0.577. The van der Waals surface area contributed by atoms with E-state index in [1.807, 2.05) is 28.8 Å². The van der Waals surface area contributed by atoms with E-state index in [1.165, 1.54) is 17.7 Å². The smallest absolute Gasteiger partial charge is 0.238 e. The van der Waals surface area contributed by atoms with Crippen LogP contribution in [0.3, 0.4) is 0 Å². The predicted molar refractivity (Wildman–Crippen MR) is 130 cm³/mol. The number of imidazole rings is 1. The third-order valence-corrected chi connectivity index (χ3v) is 7.38. The molecule has 7 nitrogen and oxygen atoms in total. The molecule has 0 bridgehead atoms. The molecule has 1 saturated carbocycles. The Balaban J connectivity index is 1.65. The third-order valence-electron chi connectivity index (χ3n) is 7.38. The van der Waals surface area contributed by atoms with Gasteiger partial charge in [0.25, 0.3) is 0 Å². The second-order valence-corrected chi connectivity index (χ2v) is 10.6. The Labute approximate surface area is 196 Å². The zero-order chi connectivity index (χ0) is 23.9. The van der Waals surface area contributed by atoms with Crippen LogP contribution in [0.4, 0.5) is 11.8 Å². The SMILES string of the molecule is COc1ccc(Cn2c(NC3CCC(C(C)(C)C)CC3)nc3c2C(=O)C(C)C(=O)N3C)cc1. The van der Waals surface area contributed by atoms with Gasteiger partial charge in [0, 0.05) is 13.1 Å². The number of ether oxygens (including phenoxy) is 1. The molecule has 7 heteroatoms. The van der Waals surface area contributed by atoms with Gasteiger partial charge in [0.15, 0.2) is 11.6 Å². The summed E-state index contributed by atoms with van der Waals surface area (Å²) < 4.78 is 7.23. The fourth-order valence-corrected chi connectivity index (χ4v) is 5.09. The minimum atomic E-state index is -0.705. The van der Waals surface area contributed by atoms with E-state index in [9.17, 15) is 9.59 Å². The van der Waals surface area contributed by atoms with Crippen molar-refractivity contribution in [2.75, 3.05) is 24.4 Å². The summed E-state index contributed by atoms with van der Waals surface area (Å²) >= 11 is 0.